The van der Waals surface area contributed by atoms with Crippen molar-refractivity contribution in [2.75, 3.05) is 0 Å². The van der Waals surface area contributed by atoms with E-state index in [9.17, 15) is 0 Å². The summed E-state index contributed by atoms with van der Waals surface area (Å²) >= 11 is 5.95. The van der Waals surface area contributed by atoms with Crippen molar-refractivity contribution >= 4 is 11.6 Å². The Labute approximate surface area is 115 Å². The van der Waals surface area contributed by atoms with Crippen LogP contribution in [0.5, 0.6) is 5.88 Å². The average molecular weight is 268 g/mol. The Morgan fingerprint density at radius 3 is 2.50 bits per heavy atom. The Kier molecular flexibility index (Phi) is 4.16. The summed E-state index contributed by atoms with van der Waals surface area (Å²) in [5.74, 6) is 1.25. The molecule has 0 radical (unpaired) electrons. The lowest BCUT2D eigenvalue weighted by Gasteiger charge is -2.21. The zero-order valence-electron chi connectivity index (χ0n) is 11.5. The Morgan fingerprint density at radius 1 is 1.28 bits per heavy atom. The quantitative estimate of drug-likeness (QED) is 0.756. The van der Waals surface area contributed by atoms with Gasteiger partial charge in [0.15, 0.2) is 0 Å². The first-order chi connectivity index (χ1) is 8.49. The number of aromatic nitrogens is 1. The molecule has 2 nitrogen and oxygen atoms in total. The number of halogens is 1. The highest BCUT2D eigenvalue weighted by atomic mass is 35.5. The molecular weight excluding hydrogens is 246 g/mol. The van der Waals surface area contributed by atoms with E-state index in [1.807, 2.05) is 6.07 Å². The van der Waals surface area contributed by atoms with E-state index < -0.39 is 0 Å². The third kappa shape index (κ3) is 3.38. The molecule has 0 aromatic carbocycles. The molecule has 0 saturated heterocycles. The molecule has 0 bridgehead atoms. The lowest BCUT2D eigenvalue weighted by molar-refractivity contribution is 0.200. The summed E-state index contributed by atoms with van der Waals surface area (Å²) in [5, 5.41) is 0. The molecule has 18 heavy (non-hydrogen) atoms. The van der Waals surface area contributed by atoms with Gasteiger partial charge in [0.05, 0.1) is 5.69 Å². The lowest BCUT2D eigenvalue weighted by Crippen LogP contribution is -2.17. The SMILES string of the molecule is CC(C)(C)c1cc(CCl)cc(OC2CCCC2)n1. The number of rotatable bonds is 3. The molecule has 1 heterocycles. The zero-order chi connectivity index (χ0) is 13.2. The Hall–Kier alpha value is -0.760. The molecule has 0 atom stereocenters. The minimum absolute atomic E-state index is 0.0237. The topological polar surface area (TPSA) is 22.1 Å². The fraction of sp³-hybridized carbons (Fsp3) is 0.667. The molecule has 1 saturated carbocycles. The van der Waals surface area contributed by atoms with Crippen LogP contribution in [-0.4, -0.2) is 11.1 Å². The van der Waals surface area contributed by atoms with Crippen LogP contribution in [0, 0.1) is 0 Å². The predicted molar refractivity (Wildman–Crippen MR) is 75.4 cm³/mol. The Morgan fingerprint density at radius 2 is 1.94 bits per heavy atom. The van der Waals surface area contributed by atoms with Gasteiger partial charge in [-0.15, -0.1) is 11.6 Å². The van der Waals surface area contributed by atoms with Crippen molar-refractivity contribution in [3.63, 3.8) is 0 Å². The highest BCUT2D eigenvalue weighted by molar-refractivity contribution is 6.17. The van der Waals surface area contributed by atoms with Crippen LogP contribution in [0.3, 0.4) is 0 Å². The summed E-state index contributed by atoms with van der Waals surface area (Å²) in [6, 6.07) is 4.05. The molecule has 2 rings (SSSR count). The van der Waals surface area contributed by atoms with Gasteiger partial charge in [-0.25, -0.2) is 4.98 Å². The normalized spacial score (nSPS) is 17.1. The molecule has 0 aliphatic heterocycles. The van der Waals surface area contributed by atoms with Crippen LogP contribution in [0.25, 0.3) is 0 Å². The van der Waals surface area contributed by atoms with Gasteiger partial charge in [-0.2, -0.15) is 0 Å². The Bertz CT molecular complexity index is 405. The number of ether oxygens (including phenoxy) is 1. The maximum atomic E-state index is 5.98. The molecule has 100 valence electrons. The molecule has 3 heteroatoms. The molecule has 0 amide bonds. The monoisotopic (exact) mass is 267 g/mol. The number of hydrogen-bond acceptors (Lipinski definition) is 2. The fourth-order valence-corrected chi connectivity index (χ4v) is 2.41. The fourth-order valence-electron chi connectivity index (χ4n) is 2.26. The van der Waals surface area contributed by atoms with Gasteiger partial charge in [-0.3, -0.25) is 0 Å². The van der Waals surface area contributed by atoms with Crippen LogP contribution < -0.4 is 4.74 Å². The molecule has 1 aromatic rings. The van der Waals surface area contributed by atoms with Crippen LogP contribution in [0.15, 0.2) is 12.1 Å². The summed E-state index contributed by atoms with van der Waals surface area (Å²) in [6.45, 7) is 6.48. The highest BCUT2D eigenvalue weighted by Crippen LogP contribution is 2.28. The molecule has 1 aliphatic rings. The summed E-state index contributed by atoms with van der Waals surface area (Å²) < 4.78 is 5.98. The molecule has 1 aromatic heterocycles. The van der Waals surface area contributed by atoms with Gasteiger partial charge in [0.1, 0.15) is 6.10 Å². The summed E-state index contributed by atoms with van der Waals surface area (Å²) in [6.07, 6.45) is 5.18. The van der Waals surface area contributed by atoms with E-state index in [1.54, 1.807) is 0 Å². The zero-order valence-corrected chi connectivity index (χ0v) is 12.3. The number of alkyl halides is 1. The minimum Gasteiger partial charge on any atom is -0.474 e. The molecule has 1 fully saturated rings. The molecular formula is C15H22ClNO. The van der Waals surface area contributed by atoms with Crippen molar-refractivity contribution in [1.82, 2.24) is 4.98 Å². The Balaban J connectivity index is 2.23. The van der Waals surface area contributed by atoms with E-state index in [-0.39, 0.29) is 5.41 Å². The largest absolute Gasteiger partial charge is 0.474 e. The molecule has 0 N–H and O–H groups in total. The second kappa shape index (κ2) is 5.48. The van der Waals surface area contributed by atoms with Gasteiger partial charge in [-0.1, -0.05) is 20.8 Å². The molecule has 1 aliphatic carbocycles. The first-order valence-corrected chi connectivity index (χ1v) is 7.26. The van der Waals surface area contributed by atoms with Crippen molar-refractivity contribution in [2.24, 2.45) is 0 Å². The van der Waals surface area contributed by atoms with Crippen LogP contribution in [0.1, 0.15) is 57.7 Å². The van der Waals surface area contributed by atoms with Gasteiger partial charge in [0.2, 0.25) is 5.88 Å². The smallest absolute Gasteiger partial charge is 0.214 e. The lowest BCUT2D eigenvalue weighted by atomic mass is 9.91. The standard InChI is InChI=1S/C15H22ClNO/c1-15(2,3)13-8-11(10-16)9-14(17-13)18-12-6-4-5-7-12/h8-9,12H,4-7,10H2,1-3H3. The first kappa shape index (κ1) is 13.7. The van der Waals surface area contributed by atoms with Crippen LogP contribution in [0.2, 0.25) is 0 Å². The predicted octanol–water partition coefficient (Wildman–Crippen LogP) is 4.44. The van der Waals surface area contributed by atoms with E-state index in [1.165, 1.54) is 12.8 Å². The molecule has 0 unspecified atom stereocenters. The maximum absolute atomic E-state index is 5.98. The van der Waals surface area contributed by atoms with E-state index >= 15 is 0 Å². The maximum Gasteiger partial charge on any atom is 0.214 e. The van der Waals surface area contributed by atoms with Gasteiger partial charge in [-0.05, 0) is 37.3 Å². The van der Waals surface area contributed by atoms with E-state index in [0.29, 0.717) is 12.0 Å². The third-order valence-electron chi connectivity index (χ3n) is 3.37. The van der Waals surface area contributed by atoms with Crippen molar-refractivity contribution in [3.8, 4) is 5.88 Å². The van der Waals surface area contributed by atoms with E-state index in [2.05, 4.69) is 31.8 Å². The number of hydrogen-bond donors (Lipinski definition) is 0. The third-order valence-corrected chi connectivity index (χ3v) is 3.68. The van der Waals surface area contributed by atoms with Crippen molar-refractivity contribution in [1.29, 1.82) is 0 Å². The van der Waals surface area contributed by atoms with Crippen molar-refractivity contribution < 1.29 is 4.74 Å². The summed E-state index contributed by atoms with van der Waals surface area (Å²) in [5.41, 5.74) is 2.16. The highest BCUT2D eigenvalue weighted by Gasteiger charge is 2.20. The summed E-state index contributed by atoms with van der Waals surface area (Å²) in [4.78, 5) is 4.64. The van der Waals surface area contributed by atoms with Gasteiger partial charge in [0, 0.05) is 17.4 Å². The number of nitrogens with zero attached hydrogens (tertiary/aromatic N) is 1. The minimum atomic E-state index is 0.0237. The van der Waals surface area contributed by atoms with E-state index in [4.69, 9.17) is 16.3 Å². The van der Waals surface area contributed by atoms with Crippen molar-refractivity contribution in [3.05, 3.63) is 23.4 Å². The van der Waals surface area contributed by atoms with Crippen molar-refractivity contribution in [2.45, 2.75) is 63.9 Å². The van der Waals surface area contributed by atoms with Crippen LogP contribution in [-0.2, 0) is 11.3 Å². The van der Waals surface area contributed by atoms with Gasteiger partial charge in [0.25, 0.3) is 0 Å². The van der Waals surface area contributed by atoms with Crippen LogP contribution >= 0.6 is 11.6 Å². The molecule has 0 spiro atoms. The van der Waals surface area contributed by atoms with E-state index in [0.717, 1.165) is 30.0 Å². The van der Waals surface area contributed by atoms with Crippen LogP contribution in [0.4, 0.5) is 0 Å². The van der Waals surface area contributed by atoms with Gasteiger partial charge < -0.3 is 4.74 Å². The number of pyridine rings is 1. The average Bonchev–Trinajstić information content (AvgIpc) is 2.80. The summed E-state index contributed by atoms with van der Waals surface area (Å²) in [7, 11) is 0. The second-order valence-electron chi connectivity index (χ2n) is 6.11. The van der Waals surface area contributed by atoms with Gasteiger partial charge >= 0.3 is 0 Å². The first-order valence-electron chi connectivity index (χ1n) is 6.73. The second-order valence-corrected chi connectivity index (χ2v) is 6.37.